The largest absolute Gasteiger partial charge is 0.361 e. The van der Waals surface area contributed by atoms with Gasteiger partial charge in [0.1, 0.15) is 0 Å². The van der Waals surface area contributed by atoms with Crippen LogP contribution < -0.4 is 11.5 Å². The van der Waals surface area contributed by atoms with Crippen LogP contribution >= 0.6 is 15.9 Å². The fraction of sp³-hybridized carbons (Fsp3) is 0.333. The molecule has 0 fully saturated rings. The zero-order valence-corrected chi connectivity index (χ0v) is 10.6. The number of fused-ring (bicyclic) bond motifs is 1. The number of benzene rings is 1. The molecule has 0 aliphatic rings. The van der Waals surface area contributed by atoms with E-state index in [-0.39, 0.29) is 6.04 Å². The summed E-state index contributed by atoms with van der Waals surface area (Å²) in [6.45, 7) is 0.694. The standard InChI is InChI=1S/C12H16BrN3/c13-8-3-4-12-9(6-8)10(7-16-12)11(15)2-1-5-14/h3-4,6-7,11,16H,1-2,5,14-15H2/t11-/m0/s1. The Morgan fingerprint density at radius 3 is 2.94 bits per heavy atom. The van der Waals surface area contributed by atoms with E-state index in [2.05, 4.69) is 33.0 Å². The fourth-order valence-corrected chi connectivity index (χ4v) is 2.28. The van der Waals surface area contributed by atoms with Crippen LogP contribution in [-0.4, -0.2) is 11.5 Å². The van der Waals surface area contributed by atoms with E-state index in [4.69, 9.17) is 11.5 Å². The third-order valence-corrected chi connectivity index (χ3v) is 3.29. The number of aromatic amines is 1. The number of nitrogens with one attached hydrogen (secondary N) is 1. The molecule has 0 bridgehead atoms. The maximum atomic E-state index is 6.15. The van der Waals surface area contributed by atoms with Crippen molar-refractivity contribution in [2.45, 2.75) is 18.9 Å². The van der Waals surface area contributed by atoms with Crippen molar-refractivity contribution in [2.75, 3.05) is 6.54 Å². The fourth-order valence-electron chi connectivity index (χ4n) is 1.91. The highest BCUT2D eigenvalue weighted by atomic mass is 79.9. The van der Waals surface area contributed by atoms with Gasteiger partial charge in [0, 0.05) is 27.6 Å². The quantitative estimate of drug-likeness (QED) is 0.807. The first-order chi connectivity index (χ1) is 7.72. The molecule has 0 aliphatic heterocycles. The van der Waals surface area contributed by atoms with Crippen LogP contribution in [0.15, 0.2) is 28.9 Å². The SMILES string of the molecule is NCCC[C@H](N)c1c[nH]c2ccc(Br)cc12. The number of hydrogen-bond donors (Lipinski definition) is 3. The molecule has 1 heterocycles. The molecule has 0 spiro atoms. The molecule has 0 amide bonds. The van der Waals surface area contributed by atoms with Gasteiger partial charge in [-0.3, -0.25) is 0 Å². The summed E-state index contributed by atoms with van der Waals surface area (Å²) >= 11 is 3.48. The molecule has 0 aliphatic carbocycles. The molecular weight excluding hydrogens is 266 g/mol. The van der Waals surface area contributed by atoms with Crippen molar-refractivity contribution < 1.29 is 0 Å². The summed E-state index contributed by atoms with van der Waals surface area (Å²) in [6.07, 6.45) is 3.89. The molecule has 0 saturated heterocycles. The van der Waals surface area contributed by atoms with E-state index in [1.807, 2.05) is 12.3 Å². The molecule has 2 rings (SSSR count). The van der Waals surface area contributed by atoms with Gasteiger partial charge in [0.05, 0.1) is 0 Å². The summed E-state index contributed by atoms with van der Waals surface area (Å²) in [5.41, 5.74) is 13.9. The van der Waals surface area contributed by atoms with E-state index in [9.17, 15) is 0 Å². The van der Waals surface area contributed by atoms with Crippen LogP contribution in [0.5, 0.6) is 0 Å². The van der Waals surface area contributed by atoms with Gasteiger partial charge >= 0.3 is 0 Å². The summed E-state index contributed by atoms with van der Waals surface area (Å²) < 4.78 is 1.08. The van der Waals surface area contributed by atoms with Crippen molar-refractivity contribution in [3.8, 4) is 0 Å². The second kappa shape index (κ2) is 4.99. The lowest BCUT2D eigenvalue weighted by Gasteiger charge is -2.09. The summed E-state index contributed by atoms with van der Waals surface area (Å²) in [7, 11) is 0. The van der Waals surface area contributed by atoms with Crippen LogP contribution in [-0.2, 0) is 0 Å². The number of aromatic nitrogens is 1. The minimum absolute atomic E-state index is 0.0617. The molecule has 0 unspecified atom stereocenters. The summed E-state index contributed by atoms with van der Waals surface area (Å²) in [6, 6.07) is 6.24. The lowest BCUT2D eigenvalue weighted by atomic mass is 10.0. The zero-order valence-electron chi connectivity index (χ0n) is 9.04. The van der Waals surface area contributed by atoms with Crippen LogP contribution in [0.1, 0.15) is 24.4 Å². The number of nitrogens with two attached hydrogens (primary N) is 2. The van der Waals surface area contributed by atoms with Gasteiger partial charge in [0.25, 0.3) is 0 Å². The molecule has 3 nitrogen and oxygen atoms in total. The first-order valence-electron chi connectivity index (χ1n) is 5.44. The van der Waals surface area contributed by atoms with Gasteiger partial charge in [0.2, 0.25) is 0 Å². The molecule has 2 aromatic rings. The molecular formula is C12H16BrN3. The molecule has 1 aromatic heterocycles. The van der Waals surface area contributed by atoms with E-state index < -0.39 is 0 Å². The van der Waals surface area contributed by atoms with Crippen LogP contribution in [0.2, 0.25) is 0 Å². The maximum Gasteiger partial charge on any atom is 0.0458 e. The van der Waals surface area contributed by atoms with Gasteiger partial charge in [0.15, 0.2) is 0 Å². The molecule has 86 valence electrons. The summed E-state index contributed by atoms with van der Waals surface area (Å²) in [5, 5.41) is 1.19. The van der Waals surface area contributed by atoms with Crippen molar-refractivity contribution in [1.82, 2.24) is 4.98 Å². The predicted molar refractivity (Wildman–Crippen MR) is 71.2 cm³/mol. The van der Waals surface area contributed by atoms with Gasteiger partial charge in [-0.25, -0.2) is 0 Å². The van der Waals surface area contributed by atoms with E-state index in [1.54, 1.807) is 0 Å². The van der Waals surface area contributed by atoms with Gasteiger partial charge in [-0.15, -0.1) is 0 Å². The Hall–Kier alpha value is -0.840. The Labute approximate surface area is 103 Å². The van der Waals surface area contributed by atoms with Crippen molar-refractivity contribution in [3.63, 3.8) is 0 Å². The highest BCUT2D eigenvalue weighted by Gasteiger charge is 2.11. The van der Waals surface area contributed by atoms with Gasteiger partial charge in [-0.05, 0) is 43.1 Å². The minimum atomic E-state index is 0.0617. The first-order valence-corrected chi connectivity index (χ1v) is 6.24. The summed E-state index contributed by atoms with van der Waals surface area (Å²) in [4.78, 5) is 3.24. The average Bonchev–Trinajstić information content (AvgIpc) is 2.68. The molecule has 4 heteroatoms. The molecule has 1 aromatic carbocycles. The monoisotopic (exact) mass is 281 g/mol. The zero-order chi connectivity index (χ0) is 11.5. The van der Waals surface area contributed by atoms with E-state index in [0.29, 0.717) is 6.54 Å². The Bertz CT molecular complexity index is 478. The van der Waals surface area contributed by atoms with Crippen LogP contribution in [0.4, 0.5) is 0 Å². The van der Waals surface area contributed by atoms with Crippen molar-refractivity contribution in [3.05, 3.63) is 34.4 Å². The highest BCUT2D eigenvalue weighted by Crippen LogP contribution is 2.27. The normalized spacial score (nSPS) is 13.2. The third-order valence-electron chi connectivity index (χ3n) is 2.79. The second-order valence-electron chi connectivity index (χ2n) is 3.97. The van der Waals surface area contributed by atoms with Gasteiger partial charge in [-0.2, -0.15) is 0 Å². The molecule has 0 radical (unpaired) electrons. The number of hydrogen-bond acceptors (Lipinski definition) is 2. The molecule has 0 saturated carbocycles. The van der Waals surface area contributed by atoms with E-state index in [0.717, 1.165) is 22.8 Å². The number of halogens is 1. The molecule has 16 heavy (non-hydrogen) atoms. The van der Waals surface area contributed by atoms with Gasteiger partial charge in [-0.1, -0.05) is 15.9 Å². The average molecular weight is 282 g/mol. The Morgan fingerprint density at radius 1 is 1.38 bits per heavy atom. The third kappa shape index (κ3) is 2.29. The minimum Gasteiger partial charge on any atom is -0.361 e. The molecule has 1 atom stereocenters. The lowest BCUT2D eigenvalue weighted by Crippen LogP contribution is -2.12. The first kappa shape index (κ1) is 11.6. The van der Waals surface area contributed by atoms with Crippen molar-refractivity contribution >= 4 is 26.8 Å². The Balaban J connectivity index is 2.33. The summed E-state index contributed by atoms with van der Waals surface area (Å²) in [5.74, 6) is 0. The van der Waals surface area contributed by atoms with Crippen molar-refractivity contribution in [1.29, 1.82) is 0 Å². The van der Waals surface area contributed by atoms with Crippen molar-refractivity contribution in [2.24, 2.45) is 11.5 Å². The van der Waals surface area contributed by atoms with E-state index in [1.165, 1.54) is 10.9 Å². The van der Waals surface area contributed by atoms with Gasteiger partial charge < -0.3 is 16.5 Å². The Morgan fingerprint density at radius 2 is 2.19 bits per heavy atom. The van der Waals surface area contributed by atoms with Crippen LogP contribution in [0, 0.1) is 0 Å². The molecule has 5 N–H and O–H groups in total. The van der Waals surface area contributed by atoms with E-state index >= 15 is 0 Å². The smallest absolute Gasteiger partial charge is 0.0458 e. The van der Waals surface area contributed by atoms with Crippen LogP contribution in [0.25, 0.3) is 10.9 Å². The lowest BCUT2D eigenvalue weighted by molar-refractivity contribution is 0.621. The number of rotatable bonds is 4. The topological polar surface area (TPSA) is 67.8 Å². The Kier molecular flexibility index (Phi) is 3.63. The predicted octanol–water partition coefficient (Wildman–Crippen LogP) is 2.67. The number of H-pyrrole nitrogens is 1. The second-order valence-corrected chi connectivity index (χ2v) is 4.89. The van der Waals surface area contributed by atoms with Crippen LogP contribution in [0.3, 0.4) is 0 Å². The maximum absolute atomic E-state index is 6.15. The highest BCUT2D eigenvalue weighted by molar-refractivity contribution is 9.10.